The van der Waals surface area contributed by atoms with Crippen molar-refractivity contribution >= 4 is 5.69 Å². The minimum absolute atomic E-state index is 0.0184. The number of hydrogen-bond acceptors (Lipinski definition) is 4. The highest BCUT2D eigenvalue weighted by Gasteiger charge is 2.22. The van der Waals surface area contributed by atoms with Gasteiger partial charge in [-0.2, -0.15) is 5.26 Å². The predicted molar refractivity (Wildman–Crippen MR) is 49.9 cm³/mol. The molecule has 1 heterocycles. The molecule has 0 fully saturated rings. The molecule has 1 aromatic heterocycles. The molecule has 7 heteroatoms. The Balaban J connectivity index is 3.40. The van der Waals surface area contributed by atoms with Crippen LogP contribution in [0.1, 0.15) is 23.4 Å². The number of aromatic nitrogens is 1. The van der Waals surface area contributed by atoms with Crippen LogP contribution in [0.25, 0.3) is 0 Å². The summed E-state index contributed by atoms with van der Waals surface area (Å²) in [7, 11) is 0. The molecule has 0 bridgehead atoms. The molecule has 0 aliphatic carbocycles. The van der Waals surface area contributed by atoms with Crippen molar-refractivity contribution in [2.75, 3.05) is 0 Å². The van der Waals surface area contributed by atoms with Crippen molar-refractivity contribution in [1.29, 1.82) is 5.26 Å². The smallest absolute Gasteiger partial charge is 0.258 e. The first kappa shape index (κ1) is 12.0. The SMILES string of the molecule is Cc1c([N+](=O)[O-])cc(CC#N)nc1C(F)F. The summed E-state index contributed by atoms with van der Waals surface area (Å²) in [6, 6.07) is 2.75. The normalized spacial score (nSPS) is 10.2. The van der Waals surface area contributed by atoms with Crippen molar-refractivity contribution in [2.24, 2.45) is 0 Å². The third-order valence-corrected chi connectivity index (χ3v) is 2.00. The molecule has 1 aromatic rings. The molecule has 0 amide bonds. The summed E-state index contributed by atoms with van der Waals surface area (Å²) in [6.45, 7) is 1.21. The number of nitro groups is 1. The van der Waals surface area contributed by atoms with Crippen molar-refractivity contribution in [3.63, 3.8) is 0 Å². The van der Waals surface area contributed by atoms with Gasteiger partial charge in [0, 0.05) is 6.07 Å². The van der Waals surface area contributed by atoms with Gasteiger partial charge in [0.2, 0.25) is 0 Å². The first-order chi connectivity index (χ1) is 7.47. The van der Waals surface area contributed by atoms with E-state index in [2.05, 4.69) is 4.98 Å². The standard InChI is InChI=1S/C9H7F2N3O2/c1-5-7(14(15)16)4-6(2-3-12)13-8(5)9(10)11/h4,9H,2H2,1H3. The highest BCUT2D eigenvalue weighted by atomic mass is 19.3. The van der Waals surface area contributed by atoms with Crippen LogP contribution in [0.3, 0.4) is 0 Å². The minimum Gasteiger partial charge on any atom is -0.258 e. The van der Waals surface area contributed by atoms with E-state index in [4.69, 9.17) is 5.26 Å². The van der Waals surface area contributed by atoms with E-state index in [1.54, 1.807) is 6.07 Å². The molecule has 0 radical (unpaired) electrons. The Morgan fingerprint density at radius 3 is 2.75 bits per heavy atom. The summed E-state index contributed by atoms with van der Waals surface area (Å²) in [5.74, 6) is 0. The van der Waals surface area contributed by atoms with Crippen LogP contribution in [0.5, 0.6) is 0 Å². The van der Waals surface area contributed by atoms with Crippen LogP contribution >= 0.6 is 0 Å². The third kappa shape index (κ3) is 2.28. The average molecular weight is 227 g/mol. The van der Waals surface area contributed by atoms with Crippen molar-refractivity contribution < 1.29 is 13.7 Å². The Labute approximate surface area is 89.5 Å². The number of alkyl halides is 2. The van der Waals surface area contributed by atoms with E-state index in [9.17, 15) is 18.9 Å². The maximum Gasteiger partial charge on any atom is 0.280 e. The molecule has 0 N–H and O–H groups in total. The van der Waals surface area contributed by atoms with E-state index in [0.717, 1.165) is 6.07 Å². The lowest BCUT2D eigenvalue weighted by atomic mass is 10.1. The summed E-state index contributed by atoms with van der Waals surface area (Å²) in [4.78, 5) is 13.4. The number of pyridine rings is 1. The second-order valence-electron chi connectivity index (χ2n) is 3.04. The molecule has 0 spiro atoms. The van der Waals surface area contributed by atoms with E-state index in [1.165, 1.54) is 6.92 Å². The second kappa shape index (κ2) is 4.61. The summed E-state index contributed by atoms with van der Waals surface area (Å²) in [5.41, 5.74) is -1.26. The van der Waals surface area contributed by atoms with Gasteiger partial charge >= 0.3 is 0 Å². The topological polar surface area (TPSA) is 79.8 Å². The Hall–Kier alpha value is -2.10. The van der Waals surface area contributed by atoms with Gasteiger partial charge in [-0.25, -0.2) is 13.8 Å². The first-order valence-electron chi connectivity index (χ1n) is 4.27. The van der Waals surface area contributed by atoms with E-state index in [-0.39, 0.29) is 17.7 Å². The van der Waals surface area contributed by atoms with Crippen molar-refractivity contribution in [1.82, 2.24) is 4.98 Å². The second-order valence-corrected chi connectivity index (χ2v) is 3.04. The molecule has 0 unspecified atom stereocenters. The highest BCUT2D eigenvalue weighted by Crippen LogP contribution is 2.28. The summed E-state index contributed by atoms with van der Waals surface area (Å²) in [5, 5.41) is 19.0. The summed E-state index contributed by atoms with van der Waals surface area (Å²) >= 11 is 0. The molecule has 0 atom stereocenters. The quantitative estimate of drug-likeness (QED) is 0.586. The van der Waals surface area contributed by atoms with Gasteiger partial charge < -0.3 is 0 Å². The van der Waals surface area contributed by atoms with Gasteiger partial charge in [-0.1, -0.05) is 0 Å². The van der Waals surface area contributed by atoms with E-state index in [0.29, 0.717) is 0 Å². The fourth-order valence-electron chi connectivity index (χ4n) is 1.24. The Morgan fingerprint density at radius 1 is 1.69 bits per heavy atom. The number of nitriles is 1. The maximum absolute atomic E-state index is 12.5. The van der Waals surface area contributed by atoms with E-state index < -0.39 is 22.7 Å². The van der Waals surface area contributed by atoms with Gasteiger partial charge in [-0.15, -0.1) is 0 Å². The number of halogens is 2. The summed E-state index contributed by atoms with van der Waals surface area (Å²) in [6.07, 6.45) is -3.13. The number of hydrogen-bond donors (Lipinski definition) is 0. The van der Waals surface area contributed by atoms with Crippen LogP contribution in [-0.4, -0.2) is 9.91 Å². The van der Waals surface area contributed by atoms with Gasteiger partial charge in [-0.3, -0.25) is 10.1 Å². The van der Waals surface area contributed by atoms with Crippen LogP contribution in [0.15, 0.2) is 6.07 Å². The number of rotatable bonds is 3. The monoisotopic (exact) mass is 227 g/mol. The van der Waals surface area contributed by atoms with Crippen molar-refractivity contribution in [2.45, 2.75) is 19.8 Å². The Bertz CT molecular complexity index is 469. The third-order valence-electron chi connectivity index (χ3n) is 2.00. The molecule has 0 saturated heterocycles. The molecular formula is C9H7F2N3O2. The average Bonchev–Trinajstić information content (AvgIpc) is 2.19. The van der Waals surface area contributed by atoms with Gasteiger partial charge in [0.1, 0.15) is 5.69 Å². The van der Waals surface area contributed by atoms with Gasteiger partial charge in [0.15, 0.2) is 0 Å². The maximum atomic E-state index is 12.5. The molecule has 0 aromatic carbocycles. The molecule has 0 aliphatic rings. The summed E-state index contributed by atoms with van der Waals surface area (Å²) < 4.78 is 25.0. The fourth-order valence-corrected chi connectivity index (χ4v) is 1.24. The van der Waals surface area contributed by atoms with Crippen LogP contribution in [0.2, 0.25) is 0 Å². The predicted octanol–water partition coefficient (Wildman–Crippen LogP) is 2.30. The Kier molecular flexibility index (Phi) is 3.45. The molecule has 0 saturated carbocycles. The number of nitrogens with zero attached hydrogens (tertiary/aromatic N) is 3. The zero-order chi connectivity index (χ0) is 12.3. The molecule has 1 rings (SSSR count). The van der Waals surface area contributed by atoms with Crippen molar-refractivity contribution in [3.05, 3.63) is 33.1 Å². The van der Waals surface area contributed by atoms with Gasteiger partial charge in [0.25, 0.3) is 12.1 Å². The molecule has 5 nitrogen and oxygen atoms in total. The molecule has 16 heavy (non-hydrogen) atoms. The molecule has 0 aliphatic heterocycles. The van der Waals surface area contributed by atoms with Crippen LogP contribution < -0.4 is 0 Å². The largest absolute Gasteiger partial charge is 0.280 e. The van der Waals surface area contributed by atoms with Crippen LogP contribution in [0.4, 0.5) is 14.5 Å². The Morgan fingerprint density at radius 2 is 2.31 bits per heavy atom. The highest BCUT2D eigenvalue weighted by molar-refractivity contribution is 5.44. The lowest BCUT2D eigenvalue weighted by Gasteiger charge is -2.06. The first-order valence-corrected chi connectivity index (χ1v) is 4.27. The molecule has 84 valence electrons. The van der Waals surface area contributed by atoms with E-state index >= 15 is 0 Å². The van der Waals surface area contributed by atoms with Crippen LogP contribution in [0, 0.1) is 28.4 Å². The van der Waals surface area contributed by atoms with E-state index in [1.807, 2.05) is 0 Å². The minimum atomic E-state index is -2.89. The fraction of sp³-hybridized carbons (Fsp3) is 0.333. The zero-order valence-corrected chi connectivity index (χ0v) is 8.28. The lowest BCUT2D eigenvalue weighted by molar-refractivity contribution is -0.385. The van der Waals surface area contributed by atoms with Gasteiger partial charge in [-0.05, 0) is 6.92 Å². The lowest BCUT2D eigenvalue weighted by Crippen LogP contribution is -2.03. The zero-order valence-electron chi connectivity index (χ0n) is 8.28. The molecular weight excluding hydrogens is 220 g/mol. The van der Waals surface area contributed by atoms with Gasteiger partial charge in [0.05, 0.1) is 28.7 Å². The van der Waals surface area contributed by atoms with Crippen LogP contribution in [-0.2, 0) is 6.42 Å². The van der Waals surface area contributed by atoms with Crippen molar-refractivity contribution in [3.8, 4) is 6.07 Å².